The van der Waals surface area contributed by atoms with Gasteiger partial charge in [0.1, 0.15) is 17.9 Å². The number of nitrogens with one attached hydrogen (secondary N) is 1. The summed E-state index contributed by atoms with van der Waals surface area (Å²) in [4.78, 5) is 25.8. The van der Waals surface area contributed by atoms with Crippen LogP contribution in [0.5, 0.6) is 5.75 Å². The number of aryl methyl sites for hydroxylation is 2. The Morgan fingerprint density at radius 2 is 1.84 bits per heavy atom. The van der Waals surface area contributed by atoms with Gasteiger partial charge >= 0.3 is 11.7 Å². The summed E-state index contributed by atoms with van der Waals surface area (Å²) in [6.07, 6.45) is -0.552. The normalized spacial score (nSPS) is 11.0. The minimum absolute atomic E-state index is 0.276. The van der Waals surface area contributed by atoms with Crippen molar-refractivity contribution in [2.24, 2.45) is 0 Å². The predicted octanol–water partition coefficient (Wildman–Crippen LogP) is 4.49. The summed E-state index contributed by atoms with van der Waals surface area (Å²) in [5, 5.41) is 3.43. The molecule has 7 nitrogen and oxygen atoms in total. The van der Waals surface area contributed by atoms with Gasteiger partial charge in [0.05, 0.1) is 6.61 Å². The first-order valence-corrected chi connectivity index (χ1v) is 10.2. The average molecular weight is 424 g/mol. The average Bonchev–Trinajstić information content (AvgIpc) is 2.67. The summed E-state index contributed by atoms with van der Waals surface area (Å²) in [5.41, 5.74) is 3.67. The lowest BCUT2D eigenvalue weighted by atomic mass is 10.1. The summed E-state index contributed by atoms with van der Waals surface area (Å²) >= 11 is 0. The lowest BCUT2D eigenvalue weighted by Gasteiger charge is -2.18. The van der Waals surface area contributed by atoms with Gasteiger partial charge in [0.25, 0.3) is 0 Å². The van der Waals surface area contributed by atoms with Gasteiger partial charge in [-0.1, -0.05) is 6.07 Å². The van der Waals surface area contributed by atoms with Crippen molar-refractivity contribution in [3.05, 3.63) is 69.6 Å². The van der Waals surface area contributed by atoms with Gasteiger partial charge in [0.15, 0.2) is 0 Å². The Bertz CT molecular complexity index is 1100. The summed E-state index contributed by atoms with van der Waals surface area (Å²) in [5.74, 6) is 0.860. The molecule has 0 saturated heterocycles. The molecule has 3 rings (SSSR count). The van der Waals surface area contributed by atoms with E-state index >= 15 is 0 Å². The molecule has 0 saturated carbocycles. The third-order valence-electron chi connectivity index (χ3n) is 4.73. The fourth-order valence-corrected chi connectivity index (χ4v) is 3.43. The van der Waals surface area contributed by atoms with Gasteiger partial charge in [-0.15, -0.1) is 0 Å². The van der Waals surface area contributed by atoms with E-state index in [4.69, 9.17) is 13.9 Å². The number of likely N-dealkylation sites (N-methyl/N-ethyl adjacent to an activating group) is 1. The number of anilines is 1. The highest BCUT2D eigenvalue weighted by Gasteiger charge is 2.11. The van der Waals surface area contributed by atoms with Crippen molar-refractivity contribution in [3.63, 3.8) is 0 Å². The highest BCUT2D eigenvalue weighted by Crippen LogP contribution is 2.22. The van der Waals surface area contributed by atoms with Crippen molar-refractivity contribution in [2.75, 3.05) is 32.1 Å². The third-order valence-corrected chi connectivity index (χ3v) is 4.73. The molecule has 7 heteroatoms. The van der Waals surface area contributed by atoms with Crippen LogP contribution in [0.15, 0.2) is 51.7 Å². The molecule has 3 aromatic rings. The number of nitrogens with zero attached hydrogens (tertiary/aromatic N) is 1. The Hall–Kier alpha value is -3.32. The van der Waals surface area contributed by atoms with Gasteiger partial charge in [-0.2, -0.15) is 0 Å². The molecule has 0 radical (unpaired) electrons. The van der Waals surface area contributed by atoms with E-state index in [9.17, 15) is 9.59 Å². The lowest BCUT2D eigenvalue weighted by molar-refractivity contribution is 0.168. The van der Waals surface area contributed by atoms with Gasteiger partial charge in [0, 0.05) is 36.3 Å². The molecule has 0 unspecified atom stereocenters. The molecule has 31 heavy (non-hydrogen) atoms. The van der Waals surface area contributed by atoms with Crippen LogP contribution in [0.2, 0.25) is 0 Å². The minimum Gasteiger partial charge on any atom is -0.492 e. The third kappa shape index (κ3) is 6.33. The van der Waals surface area contributed by atoms with Crippen molar-refractivity contribution in [3.8, 4) is 5.75 Å². The minimum atomic E-state index is -0.552. The van der Waals surface area contributed by atoms with E-state index in [2.05, 4.69) is 16.3 Å². The maximum Gasteiger partial charge on any atom is 0.411 e. The zero-order valence-corrected chi connectivity index (χ0v) is 18.4. The van der Waals surface area contributed by atoms with Crippen molar-refractivity contribution < 1.29 is 18.7 Å². The quantitative estimate of drug-likeness (QED) is 0.537. The molecule has 0 bridgehead atoms. The lowest BCUT2D eigenvalue weighted by Crippen LogP contribution is -2.24. The van der Waals surface area contributed by atoms with E-state index < -0.39 is 11.7 Å². The standard InChI is InChI=1S/C24H28N2O5/c1-5-29-24(28)25-19-6-7-21-18(13-23(27)31-22(21)14-19)15-26(4)8-9-30-20-11-16(2)10-17(3)12-20/h6-7,10-14H,5,8-9,15H2,1-4H3,(H,25,28). The molecule has 1 heterocycles. The predicted molar refractivity (Wildman–Crippen MR) is 121 cm³/mol. The highest BCUT2D eigenvalue weighted by atomic mass is 16.5. The fraction of sp³-hybridized carbons (Fsp3) is 0.333. The largest absolute Gasteiger partial charge is 0.492 e. The Morgan fingerprint density at radius 3 is 2.55 bits per heavy atom. The molecule has 1 amide bonds. The number of hydrogen-bond acceptors (Lipinski definition) is 6. The molecule has 0 aliphatic heterocycles. The molecule has 1 aromatic heterocycles. The zero-order chi connectivity index (χ0) is 22.4. The second kappa shape index (κ2) is 10.1. The number of ether oxygens (including phenoxy) is 2. The Kier molecular flexibility index (Phi) is 7.31. The Balaban J connectivity index is 1.67. The molecule has 1 N–H and O–H groups in total. The molecule has 164 valence electrons. The van der Waals surface area contributed by atoms with E-state index in [0.29, 0.717) is 31.0 Å². The number of benzene rings is 2. The second-order valence-electron chi connectivity index (χ2n) is 7.56. The molecular weight excluding hydrogens is 396 g/mol. The fourth-order valence-electron chi connectivity index (χ4n) is 3.43. The van der Waals surface area contributed by atoms with Gasteiger partial charge < -0.3 is 13.9 Å². The number of amides is 1. The molecule has 0 aliphatic rings. The van der Waals surface area contributed by atoms with E-state index in [1.165, 1.54) is 17.2 Å². The molecule has 0 aliphatic carbocycles. The van der Waals surface area contributed by atoms with Crippen LogP contribution in [-0.4, -0.2) is 37.8 Å². The van der Waals surface area contributed by atoms with E-state index in [1.807, 2.05) is 39.1 Å². The van der Waals surface area contributed by atoms with Crippen molar-refractivity contribution in [1.29, 1.82) is 0 Å². The Morgan fingerprint density at radius 1 is 1.10 bits per heavy atom. The van der Waals surface area contributed by atoms with Gasteiger partial charge in [-0.25, -0.2) is 9.59 Å². The molecule has 2 aromatic carbocycles. The van der Waals surface area contributed by atoms with E-state index in [-0.39, 0.29) is 6.61 Å². The van der Waals surface area contributed by atoms with Crippen molar-refractivity contribution in [2.45, 2.75) is 27.3 Å². The van der Waals surface area contributed by atoms with Crippen LogP contribution in [0.1, 0.15) is 23.6 Å². The summed E-state index contributed by atoms with van der Waals surface area (Å²) in [7, 11) is 1.97. The van der Waals surface area contributed by atoms with Crippen LogP contribution in [0.4, 0.5) is 10.5 Å². The molecular formula is C24H28N2O5. The van der Waals surface area contributed by atoms with Crippen LogP contribution in [0.25, 0.3) is 11.0 Å². The first-order valence-electron chi connectivity index (χ1n) is 10.2. The number of rotatable bonds is 8. The maximum atomic E-state index is 12.1. The van der Waals surface area contributed by atoms with Crippen LogP contribution < -0.4 is 15.7 Å². The number of fused-ring (bicyclic) bond motifs is 1. The SMILES string of the molecule is CCOC(=O)Nc1ccc2c(CN(C)CCOc3cc(C)cc(C)c3)cc(=O)oc2c1. The van der Waals surface area contributed by atoms with Gasteiger partial charge in [-0.3, -0.25) is 10.2 Å². The number of hydrogen-bond donors (Lipinski definition) is 1. The second-order valence-corrected chi connectivity index (χ2v) is 7.56. The van der Waals surface area contributed by atoms with Crippen molar-refractivity contribution >= 4 is 22.7 Å². The topological polar surface area (TPSA) is 81.0 Å². The summed E-state index contributed by atoms with van der Waals surface area (Å²) in [6, 6.07) is 12.9. The molecule has 0 fully saturated rings. The highest BCUT2D eigenvalue weighted by molar-refractivity contribution is 5.89. The molecule has 0 atom stereocenters. The van der Waals surface area contributed by atoms with Crippen LogP contribution >= 0.6 is 0 Å². The van der Waals surface area contributed by atoms with Crippen molar-refractivity contribution in [1.82, 2.24) is 4.90 Å². The Labute approximate surface area is 181 Å². The number of carbonyl (C=O) groups is 1. The summed E-state index contributed by atoms with van der Waals surface area (Å²) < 4.78 is 16.1. The maximum absolute atomic E-state index is 12.1. The zero-order valence-electron chi connectivity index (χ0n) is 18.4. The smallest absolute Gasteiger partial charge is 0.411 e. The van der Waals surface area contributed by atoms with Crippen LogP contribution in [0.3, 0.4) is 0 Å². The van der Waals surface area contributed by atoms with Gasteiger partial charge in [-0.05, 0) is 68.8 Å². The number of carbonyl (C=O) groups excluding carboxylic acids is 1. The summed E-state index contributed by atoms with van der Waals surface area (Å²) in [6.45, 7) is 7.89. The monoisotopic (exact) mass is 424 g/mol. The van der Waals surface area contributed by atoms with Gasteiger partial charge in [0.2, 0.25) is 0 Å². The van der Waals surface area contributed by atoms with E-state index in [0.717, 1.165) is 16.7 Å². The molecule has 0 spiro atoms. The van der Waals surface area contributed by atoms with E-state index in [1.54, 1.807) is 19.1 Å². The van der Waals surface area contributed by atoms with Crippen LogP contribution in [-0.2, 0) is 11.3 Å². The van der Waals surface area contributed by atoms with Crippen LogP contribution in [0, 0.1) is 13.8 Å². The first kappa shape index (κ1) is 22.4. The first-order chi connectivity index (χ1) is 14.8.